The molecule has 0 spiro atoms. The Morgan fingerprint density at radius 3 is 2.79 bits per heavy atom. The molecule has 2 nitrogen and oxygen atoms in total. The minimum atomic E-state index is -0.225. The lowest BCUT2D eigenvalue weighted by Gasteiger charge is -2.22. The Labute approximate surface area is 120 Å². The molecule has 1 fully saturated rings. The Morgan fingerprint density at radius 1 is 1.32 bits per heavy atom. The monoisotopic (exact) mass is 323 g/mol. The van der Waals surface area contributed by atoms with Gasteiger partial charge in [-0.2, -0.15) is 0 Å². The van der Waals surface area contributed by atoms with Crippen molar-refractivity contribution in [3.05, 3.63) is 39.7 Å². The molecular weight excluding hydrogens is 309 g/mol. The second-order valence-electron chi connectivity index (χ2n) is 5.04. The number of rotatable bonds is 1. The van der Waals surface area contributed by atoms with Gasteiger partial charge in [0.25, 0.3) is 0 Å². The molecule has 1 aromatic heterocycles. The van der Waals surface area contributed by atoms with Crippen LogP contribution >= 0.6 is 15.9 Å². The first-order valence-corrected chi connectivity index (χ1v) is 7.28. The lowest BCUT2D eigenvalue weighted by molar-refractivity contribution is 0.0853. The number of aromatic nitrogens is 1. The van der Waals surface area contributed by atoms with Crippen molar-refractivity contribution in [1.29, 1.82) is 0 Å². The summed E-state index contributed by atoms with van der Waals surface area (Å²) in [4.78, 5) is 4.33. The van der Waals surface area contributed by atoms with Crippen molar-refractivity contribution in [3.8, 4) is 0 Å². The largest absolute Gasteiger partial charge is 0.381 e. The molecule has 0 unspecified atom stereocenters. The van der Waals surface area contributed by atoms with Crippen LogP contribution in [0, 0.1) is 12.7 Å². The summed E-state index contributed by atoms with van der Waals surface area (Å²) in [5, 5.41) is 0.854. The van der Waals surface area contributed by atoms with E-state index in [4.69, 9.17) is 4.74 Å². The number of nitrogens with zero attached hydrogens (tertiary/aromatic N) is 1. The lowest BCUT2D eigenvalue weighted by Crippen LogP contribution is -2.14. The maximum atomic E-state index is 14.0. The lowest BCUT2D eigenvalue weighted by atomic mass is 9.92. The van der Waals surface area contributed by atoms with E-state index < -0.39 is 0 Å². The van der Waals surface area contributed by atoms with E-state index in [1.165, 1.54) is 5.56 Å². The van der Waals surface area contributed by atoms with Crippen LogP contribution in [0.25, 0.3) is 10.9 Å². The molecule has 1 aliphatic rings. The van der Waals surface area contributed by atoms with Gasteiger partial charge in [-0.1, -0.05) is 15.9 Å². The standard InChI is InChI=1S/C15H15BrFNO/c1-9-6-13(16)12-7-11(8-18-15(12)14(9)17)10-2-4-19-5-3-10/h6-8,10H,2-5H2,1H3. The van der Waals surface area contributed by atoms with E-state index in [0.29, 0.717) is 17.0 Å². The molecule has 0 atom stereocenters. The van der Waals surface area contributed by atoms with Crippen LogP contribution in [0.4, 0.5) is 4.39 Å². The van der Waals surface area contributed by atoms with E-state index in [0.717, 1.165) is 35.9 Å². The Balaban J connectivity index is 2.10. The molecule has 2 heterocycles. The first-order valence-electron chi connectivity index (χ1n) is 6.49. The predicted octanol–water partition coefficient (Wildman–Crippen LogP) is 4.34. The number of pyridine rings is 1. The summed E-state index contributed by atoms with van der Waals surface area (Å²) in [5.74, 6) is 0.249. The highest BCUT2D eigenvalue weighted by Gasteiger charge is 2.18. The molecule has 1 saturated heterocycles. The fraction of sp³-hybridized carbons (Fsp3) is 0.400. The zero-order valence-corrected chi connectivity index (χ0v) is 12.3. The van der Waals surface area contributed by atoms with Crippen molar-refractivity contribution in [2.75, 3.05) is 13.2 Å². The SMILES string of the molecule is Cc1cc(Br)c2cc(C3CCOCC3)cnc2c1F. The van der Waals surface area contributed by atoms with Crippen LogP contribution in [-0.4, -0.2) is 18.2 Å². The van der Waals surface area contributed by atoms with Crippen LogP contribution in [0.2, 0.25) is 0 Å². The van der Waals surface area contributed by atoms with Gasteiger partial charge in [0, 0.05) is 29.3 Å². The van der Waals surface area contributed by atoms with Crippen LogP contribution in [0.5, 0.6) is 0 Å². The van der Waals surface area contributed by atoms with Gasteiger partial charge in [0.05, 0.1) is 0 Å². The molecule has 0 N–H and O–H groups in total. The molecule has 100 valence electrons. The molecule has 0 amide bonds. The highest BCUT2D eigenvalue weighted by atomic mass is 79.9. The molecule has 19 heavy (non-hydrogen) atoms. The number of aryl methyl sites for hydroxylation is 1. The maximum absolute atomic E-state index is 14.0. The molecule has 4 heteroatoms. The third-order valence-electron chi connectivity index (χ3n) is 3.76. The van der Waals surface area contributed by atoms with Gasteiger partial charge in [0.1, 0.15) is 5.52 Å². The third-order valence-corrected chi connectivity index (χ3v) is 4.41. The molecule has 1 aliphatic heterocycles. The first kappa shape index (κ1) is 13.0. The predicted molar refractivity (Wildman–Crippen MR) is 76.9 cm³/mol. The minimum Gasteiger partial charge on any atom is -0.381 e. The normalized spacial score (nSPS) is 17.0. The Bertz CT molecular complexity index is 623. The highest BCUT2D eigenvalue weighted by molar-refractivity contribution is 9.10. The summed E-state index contributed by atoms with van der Waals surface area (Å²) in [6, 6.07) is 3.87. The van der Waals surface area contributed by atoms with E-state index in [1.807, 2.05) is 12.3 Å². The van der Waals surface area contributed by atoms with Crippen LogP contribution in [0.15, 0.2) is 22.8 Å². The van der Waals surface area contributed by atoms with Crippen LogP contribution in [-0.2, 0) is 4.74 Å². The molecule has 1 aromatic carbocycles. The topological polar surface area (TPSA) is 22.1 Å². The molecular formula is C15H15BrFNO. The van der Waals surface area contributed by atoms with Gasteiger partial charge in [-0.25, -0.2) is 4.39 Å². The molecule has 0 radical (unpaired) electrons. The van der Waals surface area contributed by atoms with Crippen LogP contribution in [0.3, 0.4) is 0 Å². The van der Waals surface area contributed by atoms with Crippen molar-refractivity contribution in [2.24, 2.45) is 0 Å². The van der Waals surface area contributed by atoms with Crippen molar-refractivity contribution in [2.45, 2.75) is 25.7 Å². The smallest absolute Gasteiger partial charge is 0.152 e. The van der Waals surface area contributed by atoms with Crippen LogP contribution < -0.4 is 0 Å². The maximum Gasteiger partial charge on any atom is 0.152 e. The van der Waals surface area contributed by atoms with E-state index in [9.17, 15) is 4.39 Å². The van der Waals surface area contributed by atoms with Crippen molar-refractivity contribution in [3.63, 3.8) is 0 Å². The van der Waals surface area contributed by atoms with Crippen LogP contribution in [0.1, 0.15) is 29.9 Å². The Kier molecular flexibility index (Phi) is 3.54. The summed E-state index contributed by atoms with van der Waals surface area (Å²) in [5.41, 5.74) is 2.24. The van der Waals surface area contributed by atoms with Crippen molar-refractivity contribution < 1.29 is 9.13 Å². The second kappa shape index (κ2) is 5.17. The van der Waals surface area contributed by atoms with E-state index in [-0.39, 0.29) is 5.82 Å². The fourth-order valence-electron chi connectivity index (χ4n) is 2.61. The number of halogens is 2. The summed E-state index contributed by atoms with van der Waals surface area (Å²) in [6.45, 7) is 3.35. The summed E-state index contributed by atoms with van der Waals surface area (Å²) in [7, 11) is 0. The number of hydrogen-bond acceptors (Lipinski definition) is 2. The van der Waals surface area contributed by atoms with Gasteiger partial charge in [-0.3, -0.25) is 4.98 Å². The molecule has 2 aromatic rings. The quantitative estimate of drug-likeness (QED) is 0.778. The number of hydrogen-bond donors (Lipinski definition) is 0. The first-order chi connectivity index (χ1) is 9.16. The average molecular weight is 324 g/mol. The third kappa shape index (κ3) is 2.39. The average Bonchev–Trinajstić information content (AvgIpc) is 2.45. The summed E-state index contributed by atoms with van der Waals surface area (Å²) >= 11 is 3.51. The molecule has 3 rings (SSSR count). The van der Waals surface area contributed by atoms with Gasteiger partial charge in [-0.15, -0.1) is 0 Å². The number of fused-ring (bicyclic) bond motifs is 1. The number of ether oxygens (including phenoxy) is 1. The van der Waals surface area contributed by atoms with E-state index in [1.54, 1.807) is 6.92 Å². The minimum absolute atomic E-state index is 0.225. The summed E-state index contributed by atoms with van der Waals surface area (Å²) in [6.07, 6.45) is 3.84. The van der Waals surface area contributed by atoms with Crippen molar-refractivity contribution >= 4 is 26.8 Å². The van der Waals surface area contributed by atoms with Gasteiger partial charge in [0.2, 0.25) is 0 Å². The zero-order chi connectivity index (χ0) is 13.4. The van der Waals surface area contributed by atoms with Gasteiger partial charge in [-0.05, 0) is 48.9 Å². The highest BCUT2D eigenvalue weighted by Crippen LogP contribution is 2.32. The second-order valence-corrected chi connectivity index (χ2v) is 5.90. The van der Waals surface area contributed by atoms with Gasteiger partial charge < -0.3 is 4.74 Å². The van der Waals surface area contributed by atoms with E-state index in [2.05, 4.69) is 27.0 Å². The van der Waals surface area contributed by atoms with Gasteiger partial charge in [0.15, 0.2) is 5.82 Å². The molecule has 0 bridgehead atoms. The van der Waals surface area contributed by atoms with Crippen molar-refractivity contribution in [1.82, 2.24) is 4.98 Å². The molecule has 0 saturated carbocycles. The number of benzene rings is 1. The van der Waals surface area contributed by atoms with E-state index >= 15 is 0 Å². The molecule has 0 aliphatic carbocycles. The van der Waals surface area contributed by atoms with Gasteiger partial charge >= 0.3 is 0 Å². The fourth-order valence-corrected chi connectivity index (χ4v) is 3.26. The Morgan fingerprint density at radius 2 is 2.05 bits per heavy atom. The zero-order valence-electron chi connectivity index (χ0n) is 10.7. The Hall–Kier alpha value is -1.00. The summed E-state index contributed by atoms with van der Waals surface area (Å²) < 4.78 is 20.3.